The monoisotopic (exact) mass is 619 g/mol. The van der Waals surface area contributed by atoms with Gasteiger partial charge in [0.1, 0.15) is 11.4 Å². The number of likely N-dealkylation sites (tertiary alicyclic amines) is 1. The Morgan fingerprint density at radius 2 is 1.95 bits per heavy atom. The molecule has 232 valence electrons. The van der Waals surface area contributed by atoms with Gasteiger partial charge in [-0.2, -0.15) is 4.98 Å². The first-order valence-electron chi connectivity index (χ1n) is 14.8. The van der Waals surface area contributed by atoms with E-state index in [1.54, 1.807) is 11.1 Å². The van der Waals surface area contributed by atoms with E-state index in [1.807, 2.05) is 57.2 Å². The third kappa shape index (κ3) is 7.84. The zero-order chi connectivity index (χ0) is 30.5. The van der Waals surface area contributed by atoms with Crippen molar-refractivity contribution in [1.29, 1.82) is 0 Å². The molecule has 2 aliphatic heterocycles. The van der Waals surface area contributed by atoms with Crippen LogP contribution in [0, 0.1) is 0 Å². The fourth-order valence-electron chi connectivity index (χ4n) is 4.99. The lowest BCUT2D eigenvalue weighted by molar-refractivity contribution is 0.0206. The lowest BCUT2D eigenvalue weighted by Crippen LogP contribution is -2.47. The van der Waals surface area contributed by atoms with Crippen molar-refractivity contribution in [3.05, 3.63) is 48.3 Å². The third-order valence-corrected chi connectivity index (χ3v) is 7.95. The molecule has 5 heterocycles. The van der Waals surface area contributed by atoms with Gasteiger partial charge in [-0.15, -0.1) is 15.0 Å². The molecule has 0 unspecified atom stereocenters. The number of carbonyl (C=O) groups is 1. The molecule has 0 saturated carbocycles. The van der Waals surface area contributed by atoms with Gasteiger partial charge in [-0.3, -0.25) is 4.90 Å². The summed E-state index contributed by atoms with van der Waals surface area (Å²) in [5.74, 6) is 1.61. The molecule has 0 spiro atoms. The van der Waals surface area contributed by atoms with Crippen LogP contribution in [-0.4, -0.2) is 102 Å². The molecule has 2 aliphatic rings. The number of benzene rings is 1. The molecule has 2 saturated heterocycles. The van der Waals surface area contributed by atoms with Crippen molar-refractivity contribution in [2.75, 3.05) is 50.0 Å². The van der Waals surface area contributed by atoms with Crippen LogP contribution in [0.1, 0.15) is 39.3 Å². The Morgan fingerprint density at radius 1 is 1.14 bits per heavy atom. The number of hydrogen-bond donors (Lipinski definition) is 2. The van der Waals surface area contributed by atoms with Gasteiger partial charge in [0.25, 0.3) is 0 Å². The van der Waals surface area contributed by atoms with Crippen LogP contribution in [0.25, 0.3) is 16.4 Å². The summed E-state index contributed by atoms with van der Waals surface area (Å²) in [4.78, 5) is 33.2. The number of aromatic nitrogens is 7. The molecule has 0 aliphatic carbocycles. The lowest BCUT2D eigenvalue weighted by atomic mass is 10.1. The van der Waals surface area contributed by atoms with Crippen molar-refractivity contribution in [3.8, 4) is 16.4 Å². The molecule has 14 nitrogen and oxygen atoms in total. The number of amides is 1. The number of ether oxygens (including phenoxy) is 2. The van der Waals surface area contributed by atoms with Crippen molar-refractivity contribution in [2.45, 2.75) is 51.8 Å². The molecule has 1 aromatic carbocycles. The first kappa shape index (κ1) is 29.8. The van der Waals surface area contributed by atoms with Crippen LogP contribution in [0.4, 0.5) is 21.7 Å². The van der Waals surface area contributed by atoms with E-state index < -0.39 is 5.60 Å². The van der Waals surface area contributed by atoms with Gasteiger partial charge in [-0.05, 0) is 51.0 Å². The average Bonchev–Trinajstić information content (AvgIpc) is 3.68. The summed E-state index contributed by atoms with van der Waals surface area (Å²) >= 11 is 1.41. The second-order valence-corrected chi connectivity index (χ2v) is 12.8. The topological polar surface area (TPSA) is 148 Å². The van der Waals surface area contributed by atoms with Gasteiger partial charge in [0, 0.05) is 44.8 Å². The molecule has 0 bridgehead atoms. The van der Waals surface area contributed by atoms with Gasteiger partial charge in [0.05, 0.1) is 35.7 Å². The van der Waals surface area contributed by atoms with Gasteiger partial charge in [0.2, 0.25) is 11.8 Å². The fourth-order valence-corrected chi connectivity index (χ4v) is 5.74. The Bertz CT molecular complexity index is 1550. The normalized spacial score (nSPS) is 17.8. The molecule has 1 atom stereocenters. The second kappa shape index (κ2) is 13.2. The van der Waals surface area contributed by atoms with Crippen LogP contribution in [0.2, 0.25) is 0 Å². The quantitative estimate of drug-likeness (QED) is 0.294. The first-order chi connectivity index (χ1) is 21.3. The SMILES string of the molecule is CC(C)(C)OC(=O)N1CCC[C@H](Nc2nc(CN3CCOCC3)cc(Nc3ncc(-c4nnn(-c5ccccc5)n4)s3)n2)C1. The maximum atomic E-state index is 12.7. The Morgan fingerprint density at radius 3 is 2.75 bits per heavy atom. The summed E-state index contributed by atoms with van der Waals surface area (Å²) < 4.78 is 11.1. The van der Waals surface area contributed by atoms with E-state index in [2.05, 4.69) is 35.9 Å². The predicted octanol–water partition coefficient (Wildman–Crippen LogP) is 3.96. The Balaban J connectivity index is 1.18. The molecular formula is C29H37N11O3S. The maximum absolute atomic E-state index is 12.7. The van der Waals surface area contributed by atoms with Crippen LogP contribution in [-0.2, 0) is 16.0 Å². The number of anilines is 3. The Labute approximate surface area is 259 Å². The van der Waals surface area contributed by atoms with E-state index in [0.717, 1.165) is 42.2 Å². The van der Waals surface area contributed by atoms with Crippen LogP contribution in [0.15, 0.2) is 42.6 Å². The molecule has 1 amide bonds. The summed E-state index contributed by atoms with van der Waals surface area (Å²) in [5.41, 5.74) is 1.16. The van der Waals surface area contributed by atoms with Gasteiger partial charge in [0.15, 0.2) is 5.13 Å². The van der Waals surface area contributed by atoms with E-state index in [0.29, 0.717) is 55.6 Å². The van der Waals surface area contributed by atoms with E-state index in [4.69, 9.17) is 19.4 Å². The highest BCUT2D eigenvalue weighted by Crippen LogP contribution is 2.29. The van der Waals surface area contributed by atoms with E-state index in [9.17, 15) is 4.79 Å². The molecule has 2 fully saturated rings. The maximum Gasteiger partial charge on any atom is 0.410 e. The number of tetrazole rings is 1. The largest absolute Gasteiger partial charge is 0.444 e. The van der Waals surface area contributed by atoms with Crippen molar-refractivity contribution < 1.29 is 14.3 Å². The van der Waals surface area contributed by atoms with Crippen LogP contribution >= 0.6 is 11.3 Å². The second-order valence-electron chi connectivity index (χ2n) is 11.8. The Kier molecular flexibility index (Phi) is 8.95. The van der Waals surface area contributed by atoms with Crippen molar-refractivity contribution in [3.63, 3.8) is 0 Å². The fraction of sp³-hybridized carbons (Fsp3) is 0.483. The number of thiazole rings is 1. The molecular weight excluding hydrogens is 582 g/mol. The minimum atomic E-state index is -0.543. The smallest absolute Gasteiger partial charge is 0.410 e. The predicted molar refractivity (Wildman–Crippen MR) is 166 cm³/mol. The molecule has 3 aromatic heterocycles. The van der Waals surface area contributed by atoms with Crippen LogP contribution in [0.5, 0.6) is 0 Å². The average molecular weight is 620 g/mol. The lowest BCUT2D eigenvalue weighted by Gasteiger charge is -2.34. The number of nitrogens with zero attached hydrogens (tertiary/aromatic N) is 9. The molecule has 6 rings (SSSR count). The minimum absolute atomic E-state index is 0.00693. The minimum Gasteiger partial charge on any atom is -0.444 e. The number of nitrogens with one attached hydrogen (secondary N) is 2. The summed E-state index contributed by atoms with van der Waals surface area (Å²) in [7, 11) is 0. The number of rotatable bonds is 8. The van der Waals surface area contributed by atoms with Gasteiger partial charge in [-0.1, -0.05) is 29.5 Å². The first-order valence-corrected chi connectivity index (χ1v) is 15.6. The van der Waals surface area contributed by atoms with Crippen molar-refractivity contribution in [2.24, 2.45) is 0 Å². The number of piperidine rings is 1. The summed E-state index contributed by atoms with van der Waals surface area (Å²) in [6.45, 7) is 10.6. The van der Waals surface area contributed by atoms with Gasteiger partial charge >= 0.3 is 6.09 Å². The summed E-state index contributed by atoms with van der Waals surface area (Å²) in [5, 5.41) is 20.4. The standard InChI is InChI=1S/C29H37N11O3S/c1-29(2,3)43-28(41)39-11-7-8-20(19-39)31-26-32-21(18-38-12-14-42-15-13-38)16-24(33-26)34-27-30-17-23(44-27)25-35-37-40(36-25)22-9-5-4-6-10-22/h4-6,9-10,16-17,20H,7-8,11-15,18-19H2,1-3H3,(H2,30,31,32,33,34)/t20-/m0/s1. The molecule has 0 radical (unpaired) electrons. The highest BCUT2D eigenvalue weighted by molar-refractivity contribution is 7.18. The van der Waals surface area contributed by atoms with Crippen LogP contribution < -0.4 is 10.6 Å². The highest BCUT2D eigenvalue weighted by atomic mass is 32.1. The van der Waals surface area contributed by atoms with Crippen LogP contribution in [0.3, 0.4) is 0 Å². The van der Waals surface area contributed by atoms with E-state index in [1.165, 1.54) is 16.1 Å². The van der Waals surface area contributed by atoms with Crippen molar-refractivity contribution in [1.82, 2.24) is 45.0 Å². The van der Waals surface area contributed by atoms with E-state index in [-0.39, 0.29) is 12.1 Å². The Hall–Kier alpha value is -4.21. The molecule has 4 aromatic rings. The zero-order valence-corrected chi connectivity index (χ0v) is 26.0. The van der Waals surface area contributed by atoms with E-state index >= 15 is 0 Å². The number of morpholine rings is 1. The molecule has 44 heavy (non-hydrogen) atoms. The number of hydrogen-bond acceptors (Lipinski definition) is 13. The van der Waals surface area contributed by atoms with Crippen molar-refractivity contribution >= 4 is 34.3 Å². The molecule has 15 heteroatoms. The number of para-hydroxylation sites is 1. The highest BCUT2D eigenvalue weighted by Gasteiger charge is 2.28. The summed E-state index contributed by atoms with van der Waals surface area (Å²) in [6, 6.07) is 11.6. The molecule has 2 N–H and O–H groups in total. The third-order valence-electron chi connectivity index (χ3n) is 7.04. The van der Waals surface area contributed by atoms with Gasteiger partial charge in [-0.25, -0.2) is 14.8 Å². The zero-order valence-electron chi connectivity index (χ0n) is 25.1. The number of carbonyl (C=O) groups excluding carboxylic acids is 1. The van der Waals surface area contributed by atoms with Gasteiger partial charge < -0.3 is 25.0 Å². The summed E-state index contributed by atoms with van der Waals surface area (Å²) in [6.07, 6.45) is 3.18.